The zero-order valence-electron chi connectivity index (χ0n) is 15.4. The van der Waals surface area contributed by atoms with Gasteiger partial charge in [-0.05, 0) is 49.5 Å². The summed E-state index contributed by atoms with van der Waals surface area (Å²) in [4.78, 5) is 6.80. The fourth-order valence-corrected chi connectivity index (χ4v) is 3.24. The number of pyridine rings is 1. The monoisotopic (exact) mass is 411 g/mol. The number of aromatic nitrogens is 1. The maximum Gasteiger partial charge on any atom is 0.419 e. The quantitative estimate of drug-likeness (QED) is 0.781. The van der Waals surface area contributed by atoms with Gasteiger partial charge in [-0.2, -0.15) is 13.2 Å². The van der Waals surface area contributed by atoms with Gasteiger partial charge < -0.3 is 15.0 Å². The van der Waals surface area contributed by atoms with Crippen LogP contribution in [0.3, 0.4) is 0 Å². The Hall–Kier alpha value is -2.55. The zero-order chi connectivity index (χ0) is 20.1. The second-order valence-electron chi connectivity index (χ2n) is 6.32. The van der Waals surface area contributed by atoms with Gasteiger partial charge in [-0.25, -0.2) is 4.98 Å². The molecule has 150 valence electrons. The lowest BCUT2D eigenvalue weighted by Gasteiger charge is -2.32. The highest BCUT2D eigenvalue weighted by molar-refractivity contribution is 7.80. The summed E-state index contributed by atoms with van der Waals surface area (Å²) >= 11 is 5.49. The van der Waals surface area contributed by atoms with Crippen molar-refractivity contribution in [1.82, 2.24) is 4.90 Å². The number of aromatic amines is 1. The minimum absolute atomic E-state index is 0.617. The highest BCUT2D eigenvalue weighted by Gasteiger charge is 2.32. The third-order valence-corrected chi connectivity index (χ3v) is 4.81. The van der Waals surface area contributed by atoms with E-state index in [4.69, 9.17) is 17.0 Å². The first-order valence-corrected chi connectivity index (χ1v) is 9.40. The molecule has 28 heavy (non-hydrogen) atoms. The van der Waals surface area contributed by atoms with Crippen molar-refractivity contribution in [2.24, 2.45) is 0 Å². The Labute approximate surface area is 167 Å². The summed E-state index contributed by atoms with van der Waals surface area (Å²) in [7, 11) is 0. The topological polar surface area (TPSA) is 41.9 Å². The lowest BCUT2D eigenvalue weighted by atomic mass is 10.2. The number of ether oxygens (including phenoxy) is 1. The largest absolute Gasteiger partial charge is 0.494 e. The number of piperazine rings is 1. The number of halogens is 3. The molecule has 0 aliphatic carbocycles. The first kappa shape index (κ1) is 20.2. The molecule has 0 unspecified atom stereocenters. The molecule has 0 radical (unpaired) electrons. The molecule has 0 atom stereocenters. The first-order valence-electron chi connectivity index (χ1n) is 8.99. The predicted molar refractivity (Wildman–Crippen MR) is 106 cm³/mol. The summed E-state index contributed by atoms with van der Waals surface area (Å²) < 4.78 is 43.4. The molecular weight excluding hydrogens is 389 g/mol. The van der Waals surface area contributed by atoms with Crippen LogP contribution in [0.2, 0.25) is 0 Å². The Bertz CT molecular complexity index is 788. The SMILES string of the molecule is CCOc1ccc(NC(=S)N2CCN(c3ccc(C(F)(F)F)c[nH+]3)CC2)cc1. The fraction of sp³-hybridized carbons (Fsp3) is 0.368. The summed E-state index contributed by atoms with van der Waals surface area (Å²) in [5.74, 6) is 1.47. The Morgan fingerprint density at radius 3 is 2.32 bits per heavy atom. The molecule has 1 aromatic heterocycles. The van der Waals surface area contributed by atoms with E-state index < -0.39 is 11.7 Å². The molecule has 1 fully saturated rings. The minimum atomic E-state index is -4.34. The molecule has 9 heteroatoms. The molecule has 1 aliphatic heterocycles. The van der Waals surface area contributed by atoms with E-state index in [1.807, 2.05) is 41.0 Å². The molecule has 2 heterocycles. The highest BCUT2D eigenvalue weighted by atomic mass is 32.1. The number of nitrogens with zero attached hydrogens (tertiary/aromatic N) is 2. The molecule has 0 saturated carbocycles. The number of benzene rings is 1. The number of hydrogen-bond acceptors (Lipinski definition) is 3. The van der Waals surface area contributed by atoms with E-state index in [1.54, 1.807) is 0 Å². The molecule has 0 bridgehead atoms. The summed E-state index contributed by atoms with van der Waals surface area (Å²) in [6.45, 7) is 5.23. The van der Waals surface area contributed by atoms with Gasteiger partial charge in [0.15, 0.2) is 5.11 Å². The van der Waals surface area contributed by atoms with Crippen molar-refractivity contribution in [2.75, 3.05) is 43.0 Å². The Morgan fingerprint density at radius 1 is 1.11 bits per heavy atom. The maximum absolute atomic E-state index is 12.7. The van der Waals surface area contributed by atoms with Crippen LogP contribution >= 0.6 is 12.2 Å². The van der Waals surface area contributed by atoms with Crippen molar-refractivity contribution in [2.45, 2.75) is 13.1 Å². The average Bonchev–Trinajstić information content (AvgIpc) is 2.69. The van der Waals surface area contributed by atoms with Crippen LogP contribution in [0.4, 0.5) is 24.7 Å². The molecule has 5 nitrogen and oxygen atoms in total. The number of anilines is 2. The van der Waals surface area contributed by atoms with E-state index in [1.165, 1.54) is 6.07 Å². The van der Waals surface area contributed by atoms with Crippen molar-refractivity contribution in [3.8, 4) is 5.75 Å². The van der Waals surface area contributed by atoms with Gasteiger partial charge >= 0.3 is 6.18 Å². The van der Waals surface area contributed by atoms with E-state index >= 15 is 0 Å². The smallest absolute Gasteiger partial charge is 0.419 e. The van der Waals surface area contributed by atoms with Gasteiger partial charge in [0.05, 0.1) is 25.3 Å². The number of alkyl halides is 3. The van der Waals surface area contributed by atoms with E-state index in [0.29, 0.717) is 43.7 Å². The number of H-pyrrole nitrogens is 1. The van der Waals surface area contributed by atoms with Crippen LogP contribution in [0.25, 0.3) is 0 Å². The Morgan fingerprint density at radius 2 is 1.79 bits per heavy atom. The zero-order valence-corrected chi connectivity index (χ0v) is 16.2. The number of hydrogen-bond donors (Lipinski definition) is 1. The van der Waals surface area contributed by atoms with Gasteiger partial charge in [-0.3, -0.25) is 4.90 Å². The van der Waals surface area contributed by atoms with Crippen LogP contribution in [0.15, 0.2) is 42.6 Å². The van der Waals surface area contributed by atoms with Crippen LogP contribution in [0, 0.1) is 0 Å². The van der Waals surface area contributed by atoms with Gasteiger partial charge in [0.2, 0.25) is 0 Å². The van der Waals surface area contributed by atoms with Crippen LogP contribution in [-0.4, -0.2) is 42.8 Å². The van der Waals surface area contributed by atoms with E-state index in [-0.39, 0.29) is 0 Å². The van der Waals surface area contributed by atoms with Crippen LogP contribution < -0.4 is 19.9 Å². The summed E-state index contributed by atoms with van der Waals surface area (Å²) in [5, 5.41) is 3.84. The summed E-state index contributed by atoms with van der Waals surface area (Å²) in [5.41, 5.74) is 0.197. The molecule has 1 saturated heterocycles. The molecule has 1 aliphatic rings. The molecule has 1 aromatic carbocycles. The normalized spacial score (nSPS) is 14.7. The molecule has 2 N–H and O–H groups in total. The van der Waals surface area contributed by atoms with Gasteiger partial charge in [-0.1, -0.05) is 0 Å². The number of nitrogens with one attached hydrogen (secondary N) is 2. The van der Waals surface area contributed by atoms with Crippen molar-refractivity contribution < 1.29 is 22.9 Å². The summed E-state index contributed by atoms with van der Waals surface area (Å²) in [6, 6.07) is 10.1. The minimum Gasteiger partial charge on any atom is -0.494 e. The third kappa shape index (κ3) is 5.03. The third-order valence-electron chi connectivity index (χ3n) is 4.45. The predicted octanol–water partition coefficient (Wildman–Crippen LogP) is 3.44. The average molecular weight is 411 g/mol. The lowest BCUT2D eigenvalue weighted by molar-refractivity contribution is -0.367. The molecule has 3 rings (SSSR count). The van der Waals surface area contributed by atoms with Crippen molar-refractivity contribution in [1.29, 1.82) is 0 Å². The highest BCUT2D eigenvalue weighted by Crippen LogP contribution is 2.28. The fourth-order valence-electron chi connectivity index (χ4n) is 2.94. The number of thiocarbonyl (C=S) groups is 1. The van der Waals surface area contributed by atoms with Gasteiger partial charge in [-0.15, -0.1) is 0 Å². The summed E-state index contributed by atoms with van der Waals surface area (Å²) in [6.07, 6.45) is -3.34. The molecule has 0 spiro atoms. The van der Waals surface area contributed by atoms with Gasteiger partial charge in [0.1, 0.15) is 25.0 Å². The Balaban J connectivity index is 1.52. The van der Waals surface area contributed by atoms with Crippen LogP contribution in [0.5, 0.6) is 5.75 Å². The van der Waals surface area contributed by atoms with E-state index in [2.05, 4.69) is 10.3 Å². The van der Waals surface area contributed by atoms with Crippen LogP contribution in [-0.2, 0) is 6.18 Å². The molecule has 2 aromatic rings. The van der Waals surface area contributed by atoms with Gasteiger partial charge in [0, 0.05) is 11.8 Å². The van der Waals surface area contributed by atoms with E-state index in [9.17, 15) is 13.2 Å². The van der Waals surface area contributed by atoms with Crippen LogP contribution in [0.1, 0.15) is 12.5 Å². The maximum atomic E-state index is 12.7. The van der Waals surface area contributed by atoms with Gasteiger partial charge in [0.25, 0.3) is 5.82 Å². The second kappa shape index (κ2) is 8.64. The molecular formula is C19H22F3N4OS+. The van der Waals surface area contributed by atoms with Crippen molar-refractivity contribution in [3.05, 3.63) is 48.2 Å². The second-order valence-corrected chi connectivity index (χ2v) is 6.71. The number of rotatable bonds is 4. The first-order chi connectivity index (χ1) is 13.4. The van der Waals surface area contributed by atoms with Crippen molar-refractivity contribution in [3.63, 3.8) is 0 Å². The molecule has 0 amide bonds. The Kier molecular flexibility index (Phi) is 6.23. The van der Waals surface area contributed by atoms with Crippen molar-refractivity contribution >= 4 is 28.8 Å². The lowest BCUT2D eigenvalue weighted by Crippen LogP contribution is -2.51. The van der Waals surface area contributed by atoms with E-state index in [0.717, 1.165) is 23.7 Å². The standard InChI is InChI=1S/C19H21F3N4OS/c1-2-27-16-6-4-15(5-7-16)24-18(28)26-11-9-25(10-12-26)17-8-3-14(13-23-17)19(20,21)22/h3-8,13H,2,9-12H2,1H3,(H,24,28)/p+1.